The zero-order valence-electron chi connectivity index (χ0n) is 19.7. The SMILES string of the molecule is CC1=CC(=O)C2=C(C1=O)C(c1cc(Cl)ccc1O)C1=CCC3C(=O)N(c4ccc(Br)cc4)C(=O)C3C1C2. The zero-order valence-corrected chi connectivity index (χ0v) is 22.0. The maximum atomic E-state index is 13.8. The number of hydrogen-bond acceptors (Lipinski definition) is 5. The number of phenolic OH excluding ortho intramolecular Hbond substituents is 1. The van der Waals surface area contributed by atoms with E-state index >= 15 is 0 Å². The third-order valence-corrected chi connectivity index (χ3v) is 8.71. The highest BCUT2D eigenvalue weighted by Gasteiger charge is 2.56. The van der Waals surface area contributed by atoms with Crippen molar-refractivity contribution in [2.24, 2.45) is 17.8 Å². The predicted molar refractivity (Wildman–Crippen MR) is 141 cm³/mol. The lowest BCUT2D eigenvalue weighted by Crippen LogP contribution is -2.39. The van der Waals surface area contributed by atoms with Crippen LogP contribution in [0.1, 0.15) is 31.2 Å². The Morgan fingerprint density at radius 3 is 2.46 bits per heavy atom. The van der Waals surface area contributed by atoms with Gasteiger partial charge in [-0.15, -0.1) is 0 Å². The summed E-state index contributed by atoms with van der Waals surface area (Å²) in [5, 5.41) is 11.2. The quantitative estimate of drug-likeness (QED) is 0.291. The molecular formula is C29H21BrClNO5. The summed E-state index contributed by atoms with van der Waals surface area (Å²) in [7, 11) is 0. The van der Waals surface area contributed by atoms with E-state index in [0.29, 0.717) is 39.4 Å². The number of carbonyl (C=O) groups excluding carboxylic acids is 4. The van der Waals surface area contributed by atoms with Gasteiger partial charge in [0.05, 0.1) is 17.5 Å². The van der Waals surface area contributed by atoms with E-state index in [1.807, 2.05) is 6.08 Å². The van der Waals surface area contributed by atoms with Crippen LogP contribution in [0.5, 0.6) is 5.75 Å². The normalized spacial score (nSPS) is 27.1. The van der Waals surface area contributed by atoms with Crippen molar-refractivity contribution in [3.8, 4) is 5.75 Å². The van der Waals surface area contributed by atoms with E-state index in [1.54, 1.807) is 43.3 Å². The molecule has 186 valence electrons. The van der Waals surface area contributed by atoms with Gasteiger partial charge in [0, 0.05) is 37.7 Å². The van der Waals surface area contributed by atoms with Crippen LogP contribution in [0.15, 0.2) is 81.4 Å². The average Bonchev–Trinajstić information content (AvgIpc) is 3.13. The molecule has 1 heterocycles. The Balaban J connectivity index is 1.50. The molecule has 2 amide bonds. The second-order valence-electron chi connectivity index (χ2n) is 9.92. The van der Waals surface area contributed by atoms with Crippen molar-refractivity contribution in [2.75, 3.05) is 4.90 Å². The number of fused-ring (bicyclic) bond motifs is 3. The average molecular weight is 579 g/mol. The van der Waals surface area contributed by atoms with Crippen molar-refractivity contribution in [1.29, 1.82) is 0 Å². The van der Waals surface area contributed by atoms with Crippen molar-refractivity contribution in [3.05, 3.63) is 92.0 Å². The molecule has 2 aromatic carbocycles. The Kier molecular flexibility index (Phi) is 5.62. The smallest absolute Gasteiger partial charge is 0.238 e. The van der Waals surface area contributed by atoms with Gasteiger partial charge in [0.2, 0.25) is 11.8 Å². The predicted octanol–water partition coefficient (Wildman–Crippen LogP) is 5.44. The highest BCUT2D eigenvalue weighted by molar-refractivity contribution is 9.10. The standard InChI is InChI=1S/C29H21BrClNO5/c1-13-10-23(34)21-12-19-17(24(26(21)27(13)35)20-11-15(31)4-9-22(20)33)7-8-18-25(19)29(37)32(28(18)36)16-5-2-14(30)3-6-16/h2-7,9-11,18-19,24-25,33H,8,12H2,1H3. The number of amides is 2. The van der Waals surface area contributed by atoms with Gasteiger partial charge in [-0.3, -0.25) is 24.1 Å². The molecule has 4 aliphatic rings. The number of imide groups is 1. The molecule has 37 heavy (non-hydrogen) atoms. The molecule has 1 saturated heterocycles. The van der Waals surface area contributed by atoms with E-state index in [-0.39, 0.29) is 35.6 Å². The second kappa shape index (κ2) is 8.64. The first kappa shape index (κ1) is 24.1. The molecular weight excluding hydrogens is 558 g/mol. The van der Waals surface area contributed by atoms with Gasteiger partial charge in [-0.2, -0.15) is 0 Å². The van der Waals surface area contributed by atoms with Gasteiger partial charge in [0.1, 0.15) is 5.75 Å². The first-order valence-corrected chi connectivity index (χ1v) is 13.2. The molecule has 1 N–H and O–H groups in total. The number of rotatable bonds is 2. The van der Waals surface area contributed by atoms with E-state index in [2.05, 4.69) is 15.9 Å². The fourth-order valence-corrected chi connectivity index (χ4v) is 6.76. The lowest BCUT2D eigenvalue weighted by Gasteiger charge is -2.42. The Labute approximate surface area is 226 Å². The summed E-state index contributed by atoms with van der Waals surface area (Å²) >= 11 is 9.67. The lowest BCUT2D eigenvalue weighted by molar-refractivity contribution is -0.123. The number of carbonyl (C=O) groups is 4. The number of anilines is 1. The Morgan fingerprint density at radius 1 is 1.00 bits per heavy atom. The zero-order chi connectivity index (χ0) is 26.2. The molecule has 1 fully saturated rings. The third kappa shape index (κ3) is 3.59. The van der Waals surface area contributed by atoms with Crippen LogP contribution in [0.25, 0.3) is 0 Å². The van der Waals surface area contributed by atoms with Crippen LogP contribution >= 0.6 is 27.5 Å². The Morgan fingerprint density at radius 2 is 1.73 bits per heavy atom. The number of nitrogens with zero attached hydrogens (tertiary/aromatic N) is 1. The van der Waals surface area contributed by atoms with Crippen molar-refractivity contribution in [1.82, 2.24) is 0 Å². The minimum Gasteiger partial charge on any atom is -0.508 e. The van der Waals surface area contributed by atoms with Gasteiger partial charge in [-0.25, -0.2) is 0 Å². The minimum absolute atomic E-state index is 0.0531. The first-order valence-electron chi connectivity index (χ1n) is 12.0. The molecule has 0 spiro atoms. The number of aromatic hydroxyl groups is 1. The highest BCUT2D eigenvalue weighted by atomic mass is 79.9. The van der Waals surface area contributed by atoms with Crippen molar-refractivity contribution >= 4 is 56.6 Å². The molecule has 4 unspecified atom stereocenters. The summed E-state index contributed by atoms with van der Waals surface area (Å²) in [6.07, 6.45) is 3.76. The summed E-state index contributed by atoms with van der Waals surface area (Å²) < 4.78 is 0.830. The lowest BCUT2D eigenvalue weighted by atomic mass is 9.59. The third-order valence-electron chi connectivity index (χ3n) is 7.95. The van der Waals surface area contributed by atoms with Crippen LogP contribution < -0.4 is 4.90 Å². The monoisotopic (exact) mass is 577 g/mol. The van der Waals surface area contributed by atoms with Gasteiger partial charge in [-0.05, 0) is 74.2 Å². The minimum atomic E-state index is -0.738. The topological polar surface area (TPSA) is 91.8 Å². The molecule has 4 atom stereocenters. The van der Waals surface area contributed by atoms with Crippen LogP contribution in [0, 0.1) is 17.8 Å². The first-order chi connectivity index (χ1) is 17.7. The molecule has 0 aromatic heterocycles. The summed E-state index contributed by atoms with van der Waals surface area (Å²) in [5.74, 6) is -3.62. The number of allylic oxidation sites excluding steroid dienone is 6. The number of hydrogen-bond donors (Lipinski definition) is 1. The number of ketones is 2. The summed E-state index contributed by atoms with van der Waals surface area (Å²) in [5.41, 5.74) is 2.67. The molecule has 6 rings (SSSR count). The van der Waals surface area contributed by atoms with Crippen molar-refractivity contribution in [2.45, 2.75) is 25.7 Å². The number of Topliss-reactive ketones (excluding diaryl/α,β-unsaturated/α-hetero) is 1. The van der Waals surface area contributed by atoms with Crippen LogP contribution in [-0.2, 0) is 19.2 Å². The van der Waals surface area contributed by atoms with E-state index < -0.39 is 23.7 Å². The Hall–Kier alpha value is -3.29. The fraction of sp³-hybridized carbons (Fsp3) is 0.241. The summed E-state index contributed by atoms with van der Waals surface area (Å²) in [6.45, 7) is 1.60. The molecule has 0 saturated carbocycles. The molecule has 8 heteroatoms. The largest absolute Gasteiger partial charge is 0.508 e. The Bertz CT molecular complexity index is 1520. The molecule has 2 aromatic rings. The van der Waals surface area contributed by atoms with Gasteiger partial charge >= 0.3 is 0 Å². The van der Waals surface area contributed by atoms with E-state index in [1.165, 1.54) is 17.0 Å². The van der Waals surface area contributed by atoms with E-state index in [9.17, 15) is 24.3 Å². The number of benzene rings is 2. The fourth-order valence-electron chi connectivity index (χ4n) is 6.32. The van der Waals surface area contributed by atoms with Crippen LogP contribution in [0.2, 0.25) is 5.02 Å². The number of phenols is 1. The maximum absolute atomic E-state index is 13.8. The van der Waals surface area contributed by atoms with Crippen molar-refractivity contribution in [3.63, 3.8) is 0 Å². The molecule has 0 radical (unpaired) electrons. The molecule has 6 nitrogen and oxygen atoms in total. The summed E-state index contributed by atoms with van der Waals surface area (Å²) in [6, 6.07) is 11.6. The van der Waals surface area contributed by atoms with Crippen LogP contribution in [0.4, 0.5) is 5.69 Å². The molecule has 0 bridgehead atoms. The van der Waals surface area contributed by atoms with Crippen LogP contribution in [0.3, 0.4) is 0 Å². The van der Waals surface area contributed by atoms with Gasteiger partial charge in [-0.1, -0.05) is 39.2 Å². The van der Waals surface area contributed by atoms with Gasteiger partial charge in [0.15, 0.2) is 11.6 Å². The van der Waals surface area contributed by atoms with Crippen LogP contribution in [-0.4, -0.2) is 28.5 Å². The van der Waals surface area contributed by atoms with Crippen molar-refractivity contribution < 1.29 is 24.3 Å². The van der Waals surface area contributed by atoms with Gasteiger partial charge < -0.3 is 5.11 Å². The van der Waals surface area contributed by atoms with E-state index in [4.69, 9.17) is 11.6 Å². The van der Waals surface area contributed by atoms with E-state index in [0.717, 1.165) is 10.0 Å². The maximum Gasteiger partial charge on any atom is 0.238 e. The number of halogens is 2. The molecule has 1 aliphatic heterocycles. The molecule has 3 aliphatic carbocycles. The van der Waals surface area contributed by atoms with Gasteiger partial charge in [0.25, 0.3) is 0 Å². The highest BCUT2D eigenvalue weighted by Crippen LogP contribution is 2.56. The second-order valence-corrected chi connectivity index (χ2v) is 11.3. The summed E-state index contributed by atoms with van der Waals surface area (Å²) in [4.78, 5) is 55.1.